The second-order valence-electron chi connectivity index (χ2n) is 8.60. The van der Waals surface area contributed by atoms with Gasteiger partial charge in [0.2, 0.25) is 17.7 Å². The third-order valence-corrected chi connectivity index (χ3v) is 6.49. The van der Waals surface area contributed by atoms with Crippen LogP contribution in [0.3, 0.4) is 0 Å². The molecule has 1 heterocycles. The van der Waals surface area contributed by atoms with Gasteiger partial charge in [0.05, 0.1) is 6.04 Å². The number of nitrogens with zero attached hydrogens (tertiary/aromatic N) is 2. The van der Waals surface area contributed by atoms with Crippen molar-refractivity contribution < 1.29 is 14.4 Å². The number of carbonyl (C=O) groups is 3. The molecule has 0 bridgehead atoms. The zero-order valence-corrected chi connectivity index (χ0v) is 17.9. The van der Waals surface area contributed by atoms with Crippen molar-refractivity contribution in [2.45, 2.75) is 45.1 Å². The molecule has 6 heteroatoms. The number of nitrogens with two attached hydrogens (primary N) is 1. The SMILES string of the molecule is CCCCC1CN(c2cccc(-c3ccccc3)c2)C(=O)CN1C(=O)C1(C(N)=O)CC1. The summed E-state index contributed by atoms with van der Waals surface area (Å²) in [4.78, 5) is 41.6. The maximum atomic E-state index is 13.2. The predicted molar refractivity (Wildman–Crippen MR) is 120 cm³/mol. The van der Waals surface area contributed by atoms with Crippen LogP contribution in [0.4, 0.5) is 5.69 Å². The second kappa shape index (κ2) is 8.53. The van der Waals surface area contributed by atoms with E-state index in [0.717, 1.165) is 36.1 Å². The molecule has 162 valence electrons. The number of hydrogen-bond donors (Lipinski definition) is 1. The summed E-state index contributed by atoms with van der Waals surface area (Å²) in [6.45, 7) is 2.52. The van der Waals surface area contributed by atoms with Gasteiger partial charge in [-0.25, -0.2) is 0 Å². The molecular formula is C25H29N3O3. The van der Waals surface area contributed by atoms with Crippen molar-refractivity contribution >= 4 is 23.4 Å². The molecule has 1 unspecified atom stereocenters. The van der Waals surface area contributed by atoms with Crippen LogP contribution in [0.5, 0.6) is 0 Å². The third-order valence-electron chi connectivity index (χ3n) is 6.49. The molecule has 0 aromatic heterocycles. The minimum absolute atomic E-state index is 0.0161. The van der Waals surface area contributed by atoms with Gasteiger partial charge in [0, 0.05) is 12.2 Å². The van der Waals surface area contributed by atoms with Crippen LogP contribution in [0.2, 0.25) is 0 Å². The molecule has 2 aliphatic rings. The zero-order chi connectivity index (χ0) is 22.0. The molecule has 31 heavy (non-hydrogen) atoms. The first-order chi connectivity index (χ1) is 15.0. The molecule has 1 atom stereocenters. The summed E-state index contributed by atoms with van der Waals surface area (Å²) in [6.07, 6.45) is 3.70. The number of carbonyl (C=O) groups excluding carboxylic acids is 3. The number of primary amides is 1. The molecule has 3 amide bonds. The number of unbranched alkanes of at least 4 members (excludes halogenated alkanes) is 1. The van der Waals surface area contributed by atoms with E-state index in [1.165, 1.54) is 0 Å². The van der Waals surface area contributed by atoms with Gasteiger partial charge in [-0.3, -0.25) is 14.4 Å². The van der Waals surface area contributed by atoms with E-state index in [4.69, 9.17) is 5.73 Å². The number of benzene rings is 2. The summed E-state index contributed by atoms with van der Waals surface area (Å²) in [5.74, 6) is -0.976. The molecule has 0 spiro atoms. The molecule has 1 aliphatic heterocycles. The molecule has 1 saturated heterocycles. The second-order valence-corrected chi connectivity index (χ2v) is 8.60. The van der Waals surface area contributed by atoms with Gasteiger partial charge in [-0.2, -0.15) is 0 Å². The minimum atomic E-state index is -1.10. The van der Waals surface area contributed by atoms with E-state index in [0.29, 0.717) is 19.4 Å². The van der Waals surface area contributed by atoms with Crippen LogP contribution in [0.25, 0.3) is 11.1 Å². The summed E-state index contributed by atoms with van der Waals surface area (Å²) in [5.41, 5.74) is 7.39. The Morgan fingerprint density at radius 3 is 2.42 bits per heavy atom. The smallest absolute Gasteiger partial charge is 0.246 e. The van der Waals surface area contributed by atoms with Crippen LogP contribution in [0, 0.1) is 5.41 Å². The van der Waals surface area contributed by atoms with Crippen molar-refractivity contribution in [1.29, 1.82) is 0 Å². The quantitative estimate of drug-likeness (QED) is 0.699. The molecule has 2 aromatic carbocycles. The summed E-state index contributed by atoms with van der Waals surface area (Å²) in [6, 6.07) is 17.9. The summed E-state index contributed by atoms with van der Waals surface area (Å²) < 4.78 is 0. The molecule has 4 rings (SSSR count). The van der Waals surface area contributed by atoms with Gasteiger partial charge in [-0.1, -0.05) is 62.2 Å². The van der Waals surface area contributed by atoms with E-state index < -0.39 is 11.3 Å². The van der Waals surface area contributed by atoms with Crippen molar-refractivity contribution in [1.82, 2.24) is 4.90 Å². The van der Waals surface area contributed by atoms with Crippen molar-refractivity contribution in [2.24, 2.45) is 11.1 Å². The maximum Gasteiger partial charge on any atom is 0.246 e. The molecule has 1 aliphatic carbocycles. The highest BCUT2D eigenvalue weighted by Gasteiger charge is 2.58. The third kappa shape index (κ3) is 4.07. The first-order valence-corrected chi connectivity index (χ1v) is 11.0. The first-order valence-electron chi connectivity index (χ1n) is 11.0. The average Bonchev–Trinajstić information content (AvgIpc) is 3.60. The monoisotopic (exact) mass is 419 g/mol. The van der Waals surface area contributed by atoms with E-state index in [1.807, 2.05) is 54.6 Å². The minimum Gasteiger partial charge on any atom is -0.369 e. The number of amides is 3. The number of anilines is 1. The largest absolute Gasteiger partial charge is 0.369 e. The lowest BCUT2D eigenvalue weighted by Crippen LogP contribution is -2.60. The molecule has 2 aromatic rings. The molecule has 1 saturated carbocycles. The summed E-state index contributed by atoms with van der Waals surface area (Å²) in [5, 5.41) is 0. The van der Waals surface area contributed by atoms with E-state index in [9.17, 15) is 14.4 Å². The van der Waals surface area contributed by atoms with E-state index in [1.54, 1.807) is 9.80 Å². The lowest BCUT2D eigenvalue weighted by Gasteiger charge is -2.42. The highest BCUT2D eigenvalue weighted by Crippen LogP contribution is 2.47. The van der Waals surface area contributed by atoms with Crippen LogP contribution >= 0.6 is 0 Å². The molecule has 6 nitrogen and oxygen atoms in total. The van der Waals surface area contributed by atoms with E-state index in [-0.39, 0.29) is 24.4 Å². The fourth-order valence-corrected chi connectivity index (χ4v) is 4.39. The first kappa shape index (κ1) is 21.1. The van der Waals surface area contributed by atoms with E-state index in [2.05, 4.69) is 6.92 Å². The van der Waals surface area contributed by atoms with Crippen molar-refractivity contribution in [3.05, 3.63) is 54.6 Å². The van der Waals surface area contributed by atoms with Crippen molar-refractivity contribution in [2.75, 3.05) is 18.0 Å². The fourth-order valence-electron chi connectivity index (χ4n) is 4.39. The highest BCUT2D eigenvalue weighted by atomic mass is 16.2. The lowest BCUT2D eigenvalue weighted by molar-refractivity contribution is -0.148. The topological polar surface area (TPSA) is 83.7 Å². The molecule has 0 radical (unpaired) electrons. The lowest BCUT2D eigenvalue weighted by atomic mass is 9.98. The van der Waals surface area contributed by atoms with Crippen molar-refractivity contribution in [3.63, 3.8) is 0 Å². The van der Waals surface area contributed by atoms with Crippen LogP contribution in [0.1, 0.15) is 39.0 Å². The Bertz CT molecular complexity index is 985. The van der Waals surface area contributed by atoms with Crippen LogP contribution in [-0.4, -0.2) is 41.8 Å². The normalized spacial score (nSPS) is 19.9. The predicted octanol–water partition coefficient (Wildman–Crippen LogP) is 3.35. The molecule has 2 N–H and O–H groups in total. The Hall–Kier alpha value is -3.15. The standard InChI is InChI=1S/C25H29N3O3/c1-2-3-11-21-16-27(20-12-7-10-19(15-20)18-8-5-4-6-9-18)22(29)17-28(21)24(31)25(13-14-25)23(26)30/h4-10,12,15,21H,2-3,11,13-14,16-17H2,1H3,(H2,26,30). The van der Waals surface area contributed by atoms with Gasteiger partial charge in [0.15, 0.2) is 0 Å². The average molecular weight is 420 g/mol. The highest BCUT2D eigenvalue weighted by molar-refractivity contribution is 6.09. The van der Waals surface area contributed by atoms with Crippen LogP contribution in [-0.2, 0) is 14.4 Å². The Balaban J connectivity index is 1.60. The van der Waals surface area contributed by atoms with Gasteiger partial charge in [-0.05, 0) is 42.5 Å². The fraction of sp³-hybridized carbons (Fsp3) is 0.400. The Morgan fingerprint density at radius 1 is 1.06 bits per heavy atom. The van der Waals surface area contributed by atoms with Gasteiger partial charge in [0.1, 0.15) is 12.0 Å². The van der Waals surface area contributed by atoms with Crippen LogP contribution in [0.15, 0.2) is 54.6 Å². The van der Waals surface area contributed by atoms with Gasteiger partial charge < -0.3 is 15.5 Å². The maximum absolute atomic E-state index is 13.2. The van der Waals surface area contributed by atoms with Crippen molar-refractivity contribution in [3.8, 4) is 11.1 Å². The number of hydrogen-bond acceptors (Lipinski definition) is 3. The van der Waals surface area contributed by atoms with Crippen LogP contribution < -0.4 is 10.6 Å². The Labute approximate surface area is 183 Å². The van der Waals surface area contributed by atoms with Gasteiger partial charge in [0.25, 0.3) is 0 Å². The Morgan fingerprint density at radius 2 is 1.77 bits per heavy atom. The number of rotatable bonds is 7. The molecule has 2 fully saturated rings. The zero-order valence-electron chi connectivity index (χ0n) is 17.9. The van der Waals surface area contributed by atoms with E-state index >= 15 is 0 Å². The Kier molecular flexibility index (Phi) is 5.81. The summed E-state index contributed by atoms with van der Waals surface area (Å²) >= 11 is 0. The van der Waals surface area contributed by atoms with Gasteiger partial charge >= 0.3 is 0 Å². The van der Waals surface area contributed by atoms with Gasteiger partial charge in [-0.15, -0.1) is 0 Å². The molecular weight excluding hydrogens is 390 g/mol. The number of piperazine rings is 1. The summed E-state index contributed by atoms with van der Waals surface area (Å²) in [7, 11) is 0.